The number of fused-ring (bicyclic) bond motifs is 1. The molecular weight excluding hydrogens is 432 g/mol. The zero-order valence-corrected chi connectivity index (χ0v) is 17.8. The van der Waals surface area contributed by atoms with Gasteiger partial charge in [-0.3, -0.25) is 14.5 Å². The highest BCUT2D eigenvalue weighted by Gasteiger charge is 2.48. The van der Waals surface area contributed by atoms with Gasteiger partial charge in [-0.2, -0.15) is 0 Å². The van der Waals surface area contributed by atoms with E-state index in [9.17, 15) is 23.5 Å². The molecule has 33 heavy (non-hydrogen) atoms. The second kappa shape index (κ2) is 7.58. The maximum atomic E-state index is 14.0. The van der Waals surface area contributed by atoms with E-state index in [4.69, 9.17) is 9.15 Å². The van der Waals surface area contributed by atoms with Gasteiger partial charge < -0.3 is 14.3 Å². The fraction of sp³-hybridized carbons (Fsp3) is 0.200. The number of anilines is 1. The molecule has 2 aliphatic rings. The lowest BCUT2D eigenvalue weighted by Gasteiger charge is -2.23. The van der Waals surface area contributed by atoms with E-state index in [2.05, 4.69) is 0 Å². The molecule has 1 amide bonds. The summed E-state index contributed by atoms with van der Waals surface area (Å²) in [7, 11) is 0. The third-order valence-electron chi connectivity index (χ3n) is 5.83. The minimum absolute atomic E-state index is 0.0116. The zero-order chi connectivity index (χ0) is 23.4. The fourth-order valence-electron chi connectivity index (χ4n) is 4.33. The largest absolute Gasteiger partial charge is 0.507 e. The smallest absolute Gasteiger partial charge is 0.300 e. The number of halogens is 2. The average Bonchev–Trinajstić information content (AvgIpc) is 3.44. The van der Waals surface area contributed by atoms with Crippen LogP contribution in [0.2, 0.25) is 0 Å². The topological polar surface area (TPSA) is 80.0 Å². The Morgan fingerprint density at radius 3 is 2.55 bits per heavy atom. The van der Waals surface area contributed by atoms with Crippen LogP contribution in [0.25, 0.3) is 5.76 Å². The molecule has 3 heterocycles. The van der Waals surface area contributed by atoms with Crippen LogP contribution in [0.5, 0.6) is 5.75 Å². The highest BCUT2D eigenvalue weighted by atomic mass is 19.2. The molecule has 0 saturated carbocycles. The summed E-state index contributed by atoms with van der Waals surface area (Å²) in [5.74, 6) is -3.17. The third-order valence-corrected chi connectivity index (χ3v) is 5.83. The molecule has 2 unspecified atom stereocenters. The number of hydrogen-bond donors (Lipinski definition) is 1. The van der Waals surface area contributed by atoms with Gasteiger partial charge in [0.15, 0.2) is 11.6 Å². The van der Waals surface area contributed by atoms with E-state index in [0.717, 1.165) is 22.6 Å². The Morgan fingerprint density at radius 2 is 1.85 bits per heavy atom. The summed E-state index contributed by atoms with van der Waals surface area (Å²) in [6, 6.07) is 9.97. The van der Waals surface area contributed by atoms with E-state index in [0.29, 0.717) is 23.5 Å². The first-order valence-electron chi connectivity index (χ1n) is 10.4. The number of carbonyl (C=O) groups excluding carboxylic acids is 2. The van der Waals surface area contributed by atoms with Crippen molar-refractivity contribution in [3.05, 3.63) is 88.4 Å². The van der Waals surface area contributed by atoms with Crippen molar-refractivity contribution in [3.63, 3.8) is 0 Å². The average molecular weight is 451 g/mol. The number of rotatable bonds is 3. The summed E-state index contributed by atoms with van der Waals surface area (Å²) in [4.78, 5) is 27.1. The summed E-state index contributed by atoms with van der Waals surface area (Å²) in [6.07, 6.45) is 0.628. The van der Waals surface area contributed by atoms with E-state index in [1.807, 2.05) is 6.92 Å². The number of amides is 1. The molecule has 2 atom stereocenters. The van der Waals surface area contributed by atoms with Gasteiger partial charge in [0.2, 0.25) is 0 Å². The molecule has 168 valence electrons. The number of furan rings is 1. The van der Waals surface area contributed by atoms with E-state index in [-0.39, 0.29) is 28.9 Å². The number of aliphatic hydroxyl groups is 1. The van der Waals surface area contributed by atoms with Crippen LogP contribution in [0.4, 0.5) is 14.5 Å². The molecule has 2 aromatic carbocycles. The number of Topliss-reactive ketones (excluding diaryl/α,β-unsaturated/α-hetero) is 1. The minimum Gasteiger partial charge on any atom is -0.507 e. The summed E-state index contributed by atoms with van der Waals surface area (Å²) in [6.45, 7) is 3.61. The van der Waals surface area contributed by atoms with Gasteiger partial charge in [0, 0.05) is 23.7 Å². The summed E-state index contributed by atoms with van der Waals surface area (Å²) < 4.78 is 38.9. The number of hydrogen-bond acceptors (Lipinski definition) is 5. The number of ether oxygens (including phenoxy) is 1. The van der Waals surface area contributed by atoms with Crippen LogP contribution in [-0.2, 0) is 16.0 Å². The van der Waals surface area contributed by atoms with Crippen LogP contribution in [0.1, 0.15) is 35.6 Å². The number of benzene rings is 2. The van der Waals surface area contributed by atoms with Crippen molar-refractivity contribution >= 4 is 23.1 Å². The molecule has 0 radical (unpaired) electrons. The first kappa shape index (κ1) is 20.9. The Hall–Kier alpha value is -3.94. The Balaban J connectivity index is 1.68. The SMILES string of the molecule is Cc1ccc(C2/C(=C(/O)c3ccc4c(c3)CC(C)O4)C(=O)C(=O)N2c2ccc(F)c(F)c2)o1. The van der Waals surface area contributed by atoms with Crippen LogP contribution in [0.3, 0.4) is 0 Å². The van der Waals surface area contributed by atoms with Gasteiger partial charge in [-0.1, -0.05) is 0 Å². The molecule has 5 rings (SSSR count). The van der Waals surface area contributed by atoms with E-state index >= 15 is 0 Å². The van der Waals surface area contributed by atoms with Gasteiger partial charge in [0.25, 0.3) is 11.7 Å². The van der Waals surface area contributed by atoms with Crippen LogP contribution >= 0.6 is 0 Å². The van der Waals surface area contributed by atoms with Crippen molar-refractivity contribution in [2.75, 3.05) is 4.90 Å². The van der Waals surface area contributed by atoms with E-state index in [1.165, 1.54) is 6.07 Å². The monoisotopic (exact) mass is 451 g/mol. The Bertz CT molecular complexity index is 1340. The first-order valence-corrected chi connectivity index (χ1v) is 10.4. The first-order chi connectivity index (χ1) is 15.7. The highest BCUT2D eigenvalue weighted by Crippen LogP contribution is 2.43. The molecule has 1 N–H and O–H groups in total. The number of aryl methyl sites for hydroxylation is 1. The second-order valence-electron chi connectivity index (χ2n) is 8.17. The molecule has 0 bridgehead atoms. The molecule has 6 nitrogen and oxygen atoms in total. The Kier molecular flexibility index (Phi) is 4.81. The molecule has 2 aliphatic heterocycles. The summed E-state index contributed by atoms with van der Waals surface area (Å²) in [5.41, 5.74) is 0.964. The maximum Gasteiger partial charge on any atom is 0.300 e. The summed E-state index contributed by atoms with van der Waals surface area (Å²) in [5, 5.41) is 11.2. The standard InChI is InChI=1S/C25H19F2NO5/c1-12-3-7-20(32-12)22-21(23(29)14-4-8-19-15(10-14)9-13(2)33-19)24(30)25(31)28(22)16-5-6-17(26)18(27)11-16/h3-8,10-11,13,22,29H,9H2,1-2H3/b23-21-. The lowest BCUT2D eigenvalue weighted by atomic mass is 9.97. The molecule has 1 saturated heterocycles. The van der Waals surface area contributed by atoms with E-state index in [1.54, 1.807) is 37.3 Å². The van der Waals surface area contributed by atoms with Crippen molar-refractivity contribution in [3.8, 4) is 5.75 Å². The van der Waals surface area contributed by atoms with Gasteiger partial charge in [-0.25, -0.2) is 8.78 Å². The lowest BCUT2D eigenvalue weighted by molar-refractivity contribution is -0.132. The lowest BCUT2D eigenvalue weighted by Crippen LogP contribution is -2.29. The quantitative estimate of drug-likeness (QED) is 0.351. The molecule has 0 aliphatic carbocycles. The third kappa shape index (κ3) is 3.38. The number of ketones is 1. The van der Waals surface area contributed by atoms with Crippen molar-refractivity contribution in [1.29, 1.82) is 0 Å². The predicted octanol–water partition coefficient (Wildman–Crippen LogP) is 4.82. The van der Waals surface area contributed by atoms with Crippen LogP contribution in [0.15, 0.2) is 58.5 Å². The van der Waals surface area contributed by atoms with Crippen LogP contribution < -0.4 is 9.64 Å². The molecular formula is C25H19F2NO5. The van der Waals surface area contributed by atoms with Crippen molar-refractivity contribution in [2.24, 2.45) is 0 Å². The van der Waals surface area contributed by atoms with Gasteiger partial charge in [-0.05, 0) is 61.9 Å². The molecule has 1 aromatic heterocycles. The normalized spacial score (nSPS) is 21.4. The van der Waals surface area contributed by atoms with Crippen LogP contribution in [0, 0.1) is 18.6 Å². The minimum atomic E-state index is -1.17. The van der Waals surface area contributed by atoms with Gasteiger partial charge in [0.05, 0.1) is 5.57 Å². The molecule has 3 aromatic rings. The number of nitrogens with zero attached hydrogens (tertiary/aromatic N) is 1. The van der Waals surface area contributed by atoms with E-state index < -0.39 is 29.4 Å². The van der Waals surface area contributed by atoms with Crippen molar-refractivity contribution in [2.45, 2.75) is 32.4 Å². The summed E-state index contributed by atoms with van der Waals surface area (Å²) >= 11 is 0. The molecule has 1 fully saturated rings. The zero-order valence-electron chi connectivity index (χ0n) is 17.8. The molecule has 0 spiro atoms. The van der Waals surface area contributed by atoms with Gasteiger partial charge in [0.1, 0.15) is 35.2 Å². The Morgan fingerprint density at radius 1 is 1.06 bits per heavy atom. The number of aliphatic hydroxyl groups excluding tert-OH is 1. The highest BCUT2D eigenvalue weighted by molar-refractivity contribution is 6.51. The maximum absolute atomic E-state index is 14.0. The molecule has 8 heteroatoms. The van der Waals surface area contributed by atoms with Crippen molar-refractivity contribution < 1.29 is 32.6 Å². The van der Waals surface area contributed by atoms with Gasteiger partial charge >= 0.3 is 0 Å². The van der Waals surface area contributed by atoms with Gasteiger partial charge in [-0.15, -0.1) is 0 Å². The number of carbonyl (C=O) groups is 2. The Labute approximate surface area is 187 Å². The predicted molar refractivity (Wildman–Crippen MR) is 115 cm³/mol. The van der Waals surface area contributed by atoms with Crippen molar-refractivity contribution in [1.82, 2.24) is 0 Å². The second-order valence-corrected chi connectivity index (χ2v) is 8.17. The fourth-order valence-corrected chi connectivity index (χ4v) is 4.33. The van der Waals surface area contributed by atoms with Crippen LogP contribution in [-0.4, -0.2) is 22.9 Å².